The van der Waals surface area contributed by atoms with E-state index >= 15 is 0 Å². The van der Waals surface area contributed by atoms with Gasteiger partial charge in [0.15, 0.2) is 0 Å². The molecule has 1 amide bonds. The van der Waals surface area contributed by atoms with E-state index in [1.807, 2.05) is 23.1 Å². The van der Waals surface area contributed by atoms with Gasteiger partial charge >= 0.3 is 0 Å². The molecule has 6 nitrogen and oxygen atoms in total. The van der Waals surface area contributed by atoms with Gasteiger partial charge in [0.2, 0.25) is 0 Å². The summed E-state index contributed by atoms with van der Waals surface area (Å²) in [6, 6.07) is 12.1. The Balaban J connectivity index is 1.50. The van der Waals surface area contributed by atoms with Gasteiger partial charge in [-0.2, -0.15) is 0 Å². The van der Waals surface area contributed by atoms with E-state index in [1.165, 1.54) is 10.4 Å². The fourth-order valence-corrected chi connectivity index (χ4v) is 5.90. The molecular weight excluding hydrogens is 406 g/mol. The van der Waals surface area contributed by atoms with E-state index in [0.717, 1.165) is 12.0 Å². The van der Waals surface area contributed by atoms with Gasteiger partial charge in [0.05, 0.1) is 17.4 Å². The van der Waals surface area contributed by atoms with Gasteiger partial charge in [0.1, 0.15) is 5.84 Å². The summed E-state index contributed by atoms with van der Waals surface area (Å²) in [6.07, 6.45) is 5.85. The maximum absolute atomic E-state index is 13.5. The van der Waals surface area contributed by atoms with Crippen molar-refractivity contribution >= 4 is 33.1 Å². The Labute approximate surface area is 173 Å². The molecular formula is C21H19N3O3S2. The van der Waals surface area contributed by atoms with Crippen molar-refractivity contribution in [1.29, 1.82) is 0 Å². The molecule has 0 unspecified atom stereocenters. The number of rotatable bonds is 2. The van der Waals surface area contributed by atoms with Gasteiger partial charge in [0.25, 0.3) is 15.9 Å². The number of nitrogens with zero attached hydrogens (tertiary/aromatic N) is 3. The van der Waals surface area contributed by atoms with Crippen LogP contribution in [0.5, 0.6) is 0 Å². The van der Waals surface area contributed by atoms with Crippen LogP contribution in [-0.2, 0) is 21.2 Å². The largest absolute Gasteiger partial charge is 0.330 e. The molecule has 0 saturated carbocycles. The maximum atomic E-state index is 13.5. The average molecular weight is 426 g/mol. The molecule has 4 heterocycles. The van der Waals surface area contributed by atoms with Crippen LogP contribution < -0.4 is 0 Å². The van der Waals surface area contributed by atoms with E-state index in [9.17, 15) is 13.2 Å². The van der Waals surface area contributed by atoms with Crippen LogP contribution in [0.4, 0.5) is 0 Å². The second kappa shape index (κ2) is 6.96. The molecule has 1 atom stereocenters. The highest BCUT2D eigenvalue weighted by Crippen LogP contribution is 2.38. The predicted octanol–water partition coefficient (Wildman–Crippen LogP) is 2.72. The Morgan fingerprint density at radius 3 is 2.76 bits per heavy atom. The fourth-order valence-electron chi connectivity index (χ4n) is 4.02. The normalized spacial score (nSPS) is 22.4. The predicted molar refractivity (Wildman–Crippen MR) is 113 cm³/mol. The molecule has 1 aromatic carbocycles. The van der Waals surface area contributed by atoms with Crippen molar-refractivity contribution in [3.05, 3.63) is 81.7 Å². The maximum Gasteiger partial charge on any atom is 0.256 e. The smallest absolute Gasteiger partial charge is 0.256 e. The molecule has 148 valence electrons. The number of amides is 1. The zero-order valence-electron chi connectivity index (χ0n) is 15.6. The number of carbonyl (C=O) groups excluding carboxylic acids is 1. The van der Waals surface area contributed by atoms with E-state index in [-0.39, 0.29) is 17.7 Å². The van der Waals surface area contributed by atoms with E-state index in [4.69, 9.17) is 0 Å². The fraction of sp³-hybridized carbons (Fsp3) is 0.238. The first-order valence-corrected chi connectivity index (χ1v) is 11.9. The molecule has 5 rings (SSSR count). The zero-order valence-corrected chi connectivity index (χ0v) is 17.2. The lowest BCUT2D eigenvalue weighted by Crippen LogP contribution is -2.42. The second-order valence-corrected chi connectivity index (χ2v) is 9.96. The summed E-state index contributed by atoms with van der Waals surface area (Å²) in [5.41, 5.74) is 2.82. The molecule has 0 spiro atoms. The quantitative estimate of drug-likeness (QED) is 0.742. The van der Waals surface area contributed by atoms with Gasteiger partial charge in [-0.05, 0) is 41.1 Å². The van der Waals surface area contributed by atoms with Crippen LogP contribution in [0.15, 0.2) is 70.1 Å². The number of carbonyl (C=O) groups is 1. The van der Waals surface area contributed by atoms with Crippen LogP contribution >= 0.6 is 11.3 Å². The molecule has 3 aliphatic rings. The Kier molecular flexibility index (Phi) is 4.40. The summed E-state index contributed by atoms with van der Waals surface area (Å²) >= 11 is 1.74. The minimum absolute atomic E-state index is 0.0447. The Morgan fingerprint density at radius 2 is 1.93 bits per heavy atom. The van der Waals surface area contributed by atoms with E-state index in [1.54, 1.807) is 34.6 Å². The SMILES string of the molecule is O=C(C1=CN2CCS(=O)(=O)N=C2C=C1)N1CCc2sccc2[C@@H]1c1ccccc1. The Bertz CT molecular complexity index is 1160. The third kappa shape index (κ3) is 3.32. The van der Waals surface area contributed by atoms with Gasteiger partial charge in [-0.3, -0.25) is 4.79 Å². The lowest BCUT2D eigenvalue weighted by atomic mass is 9.92. The molecule has 0 fully saturated rings. The van der Waals surface area contributed by atoms with Gasteiger partial charge in [-0.1, -0.05) is 30.3 Å². The molecule has 2 aromatic rings. The highest BCUT2D eigenvalue weighted by molar-refractivity contribution is 7.90. The third-order valence-corrected chi connectivity index (χ3v) is 7.57. The minimum Gasteiger partial charge on any atom is -0.330 e. The van der Waals surface area contributed by atoms with Crippen LogP contribution in [0.1, 0.15) is 22.0 Å². The second-order valence-electron chi connectivity index (χ2n) is 7.21. The summed E-state index contributed by atoms with van der Waals surface area (Å²) < 4.78 is 27.2. The van der Waals surface area contributed by atoms with Crippen molar-refractivity contribution in [1.82, 2.24) is 9.80 Å². The van der Waals surface area contributed by atoms with Crippen molar-refractivity contribution in [3.63, 3.8) is 0 Å². The van der Waals surface area contributed by atoms with Crippen LogP contribution in [0.3, 0.4) is 0 Å². The number of amidine groups is 1. The van der Waals surface area contributed by atoms with Gasteiger partial charge < -0.3 is 9.80 Å². The molecule has 29 heavy (non-hydrogen) atoms. The van der Waals surface area contributed by atoms with E-state index < -0.39 is 10.0 Å². The number of hydrogen-bond donors (Lipinski definition) is 0. The molecule has 0 radical (unpaired) electrons. The number of thiophene rings is 1. The first kappa shape index (κ1) is 18.3. The molecule has 3 aliphatic heterocycles. The van der Waals surface area contributed by atoms with Crippen LogP contribution in [0, 0.1) is 0 Å². The molecule has 1 aromatic heterocycles. The molecule has 0 bridgehead atoms. The molecule has 0 saturated heterocycles. The average Bonchev–Trinajstić information content (AvgIpc) is 3.21. The lowest BCUT2D eigenvalue weighted by Gasteiger charge is -2.37. The van der Waals surface area contributed by atoms with Crippen molar-refractivity contribution in [2.24, 2.45) is 4.40 Å². The van der Waals surface area contributed by atoms with E-state index in [2.05, 4.69) is 28.0 Å². The highest BCUT2D eigenvalue weighted by atomic mass is 32.2. The standard InChI is InChI=1S/C21H19N3O3S2/c25-21(16-6-7-19-22-29(26,27)13-11-23(19)14-16)24-10-8-18-17(9-12-28-18)20(24)15-4-2-1-3-5-15/h1-7,9,12,14,20H,8,10-11,13H2/t20-/m0/s1. The number of hydrogen-bond acceptors (Lipinski definition) is 5. The number of sulfonamides is 1. The first-order chi connectivity index (χ1) is 14.0. The van der Waals surface area contributed by atoms with Gasteiger partial charge in [-0.25, -0.2) is 8.42 Å². The van der Waals surface area contributed by atoms with Crippen molar-refractivity contribution in [2.75, 3.05) is 18.8 Å². The number of benzene rings is 1. The van der Waals surface area contributed by atoms with E-state index in [0.29, 0.717) is 24.5 Å². The summed E-state index contributed by atoms with van der Waals surface area (Å²) in [7, 11) is -3.41. The highest BCUT2D eigenvalue weighted by Gasteiger charge is 2.34. The summed E-state index contributed by atoms with van der Waals surface area (Å²) in [4.78, 5) is 18.5. The topological polar surface area (TPSA) is 70.0 Å². The third-order valence-electron chi connectivity index (χ3n) is 5.41. The summed E-state index contributed by atoms with van der Waals surface area (Å²) in [5, 5.41) is 2.09. The van der Waals surface area contributed by atoms with Crippen LogP contribution in [0.25, 0.3) is 0 Å². The Hall–Kier alpha value is -2.71. The van der Waals surface area contributed by atoms with Crippen molar-refractivity contribution in [3.8, 4) is 0 Å². The summed E-state index contributed by atoms with van der Waals surface area (Å²) in [5.74, 6) is 0.266. The van der Waals surface area contributed by atoms with Crippen molar-refractivity contribution < 1.29 is 13.2 Å². The summed E-state index contributed by atoms with van der Waals surface area (Å²) in [6.45, 7) is 0.950. The lowest BCUT2D eigenvalue weighted by molar-refractivity contribution is -0.128. The zero-order chi connectivity index (χ0) is 20.0. The van der Waals surface area contributed by atoms with Crippen LogP contribution in [0.2, 0.25) is 0 Å². The van der Waals surface area contributed by atoms with Gasteiger partial charge in [0, 0.05) is 24.2 Å². The van der Waals surface area contributed by atoms with Crippen LogP contribution in [-0.4, -0.2) is 48.8 Å². The van der Waals surface area contributed by atoms with Crippen molar-refractivity contribution in [2.45, 2.75) is 12.5 Å². The molecule has 8 heteroatoms. The van der Waals surface area contributed by atoms with Gasteiger partial charge in [-0.15, -0.1) is 15.7 Å². The monoisotopic (exact) mass is 425 g/mol. The number of fused-ring (bicyclic) bond motifs is 2. The molecule has 0 aliphatic carbocycles. The first-order valence-electron chi connectivity index (χ1n) is 9.43. The molecule has 0 N–H and O–H groups in total. The minimum atomic E-state index is -3.41. The Morgan fingerprint density at radius 1 is 1.10 bits per heavy atom.